The topological polar surface area (TPSA) is 83.6 Å². The van der Waals surface area contributed by atoms with Gasteiger partial charge in [0.05, 0.1) is 5.60 Å². The first-order chi connectivity index (χ1) is 9.13. The number of halogens is 2. The summed E-state index contributed by atoms with van der Waals surface area (Å²) in [5.41, 5.74) is 4.68. The zero-order valence-electron chi connectivity index (χ0n) is 10.9. The second-order valence-electron chi connectivity index (χ2n) is 5.24. The van der Waals surface area contributed by atoms with Crippen LogP contribution in [-0.2, 0) is 10.0 Å². The van der Waals surface area contributed by atoms with Crippen LogP contribution < -0.4 is 5.73 Å². The van der Waals surface area contributed by atoms with Crippen LogP contribution in [0.2, 0.25) is 0 Å². The van der Waals surface area contributed by atoms with Gasteiger partial charge in [-0.1, -0.05) is 0 Å². The third-order valence-corrected chi connectivity index (χ3v) is 5.86. The van der Waals surface area contributed by atoms with E-state index in [4.69, 9.17) is 5.73 Å². The zero-order valence-corrected chi connectivity index (χ0v) is 13.3. The van der Waals surface area contributed by atoms with Gasteiger partial charge in [-0.2, -0.15) is 4.31 Å². The summed E-state index contributed by atoms with van der Waals surface area (Å²) in [7, 11) is -4.01. The number of benzene rings is 1. The molecule has 1 aromatic rings. The van der Waals surface area contributed by atoms with E-state index in [1.807, 2.05) is 0 Å². The summed E-state index contributed by atoms with van der Waals surface area (Å²) in [5.74, 6) is -0.865. The predicted molar refractivity (Wildman–Crippen MR) is 77.1 cm³/mol. The van der Waals surface area contributed by atoms with E-state index in [1.165, 1.54) is 0 Å². The van der Waals surface area contributed by atoms with Gasteiger partial charge in [-0.15, -0.1) is 0 Å². The minimum Gasteiger partial charge on any atom is -0.398 e. The maximum Gasteiger partial charge on any atom is 0.246 e. The molecule has 1 aliphatic heterocycles. The van der Waals surface area contributed by atoms with Crippen LogP contribution in [0.15, 0.2) is 21.5 Å². The molecule has 0 aliphatic carbocycles. The van der Waals surface area contributed by atoms with E-state index in [-0.39, 0.29) is 18.8 Å². The minimum absolute atomic E-state index is 0.0509. The van der Waals surface area contributed by atoms with Gasteiger partial charge in [0.25, 0.3) is 0 Å². The van der Waals surface area contributed by atoms with Crippen LogP contribution in [0.25, 0.3) is 0 Å². The second-order valence-corrected chi connectivity index (χ2v) is 8.00. The molecule has 2 rings (SSSR count). The quantitative estimate of drug-likeness (QED) is 0.780. The van der Waals surface area contributed by atoms with Crippen LogP contribution in [0.4, 0.5) is 10.1 Å². The molecule has 8 heteroatoms. The van der Waals surface area contributed by atoms with Gasteiger partial charge in [-0.25, -0.2) is 12.8 Å². The van der Waals surface area contributed by atoms with Crippen LogP contribution in [0.5, 0.6) is 0 Å². The van der Waals surface area contributed by atoms with Gasteiger partial charge in [0.2, 0.25) is 10.0 Å². The molecule has 0 amide bonds. The van der Waals surface area contributed by atoms with Gasteiger partial charge in [0, 0.05) is 23.2 Å². The molecular weight excluding hydrogens is 351 g/mol. The van der Waals surface area contributed by atoms with Crippen molar-refractivity contribution < 1.29 is 17.9 Å². The van der Waals surface area contributed by atoms with Crippen molar-refractivity contribution in [1.82, 2.24) is 4.31 Å². The van der Waals surface area contributed by atoms with Crippen LogP contribution in [0, 0.1) is 5.82 Å². The van der Waals surface area contributed by atoms with Gasteiger partial charge in [0.15, 0.2) is 0 Å². The molecule has 1 saturated heterocycles. The lowest BCUT2D eigenvalue weighted by atomic mass is 9.97. The van der Waals surface area contributed by atoms with Crippen molar-refractivity contribution in [2.75, 3.05) is 18.8 Å². The molecule has 1 aliphatic rings. The Morgan fingerprint density at radius 3 is 2.75 bits per heavy atom. The van der Waals surface area contributed by atoms with E-state index < -0.39 is 26.3 Å². The maximum atomic E-state index is 13.9. The van der Waals surface area contributed by atoms with E-state index in [0.29, 0.717) is 17.3 Å². The number of hydrogen-bond donors (Lipinski definition) is 2. The lowest BCUT2D eigenvalue weighted by Gasteiger charge is -2.36. The first kappa shape index (κ1) is 15.7. The Balaban J connectivity index is 2.43. The van der Waals surface area contributed by atoms with Crippen molar-refractivity contribution in [3.05, 3.63) is 22.4 Å². The Morgan fingerprint density at radius 2 is 2.15 bits per heavy atom. The summed E-state index contributed by atoms with van der Waals surface area (Å²) >= 11 is 3.05. The zero-order chi connectivity index (χ0) is 15.1. The summed E-state index contributed by atoms with van der Waals surface area (Å²) in [5, 5.41) is 9.99. The molecule has 1 atom stereocenters. The fraction of sp³-hybridized carbons (Fsp3) is 0.500. The van der Waals surface area contributed by atoms with E-state index in [2.05, 4.69) is 15.9 Å². The third kappa shape index (κ3) is 2.98. The molecule has 112 valence electrons. The summed E-state index contributed by atoms with van der Waals surface area (Å²) in [6, 6.07) is 2.13. The van der Waals surface area contributed by atoms with Crippen molar-refractivity contribution in [2.45, 2.75) is 30.3 Å². The summed E-state index contributed by atoms with van der Waals surface area (Å²) in [6.45, 7) is 1.78. The highest BCUT2D eigenvalue weighted by Crippen LogP contribution is 2.31. The van der Waals surface area contributed by atoms with Crippen molar-refractivity contribution in [1.29, 1.82) is 0 Å². The highest BCUT2D eigenvalue weighted by atomic mass is 79.9. The number of rotatable bonds is 2. The highest BCUT2D eigenvalue weighted by molar-refractivity contribution is 9.10. The average molecular weight is 367 g/mol. The first-order valence-electron chi connectivity index (χ1n) is 6.10. The van der Waals surface area contributed by atoms with Gasteiger partial charge < -0.3 is 10.8 Å². The number of nitrogens with zero attached hydrogens (tertiary/aromatic N) is 1. The molecule has 0 spiro atoms. The first-order valence-corrected chi connectivity index (χ1v) is 8.34. The van der Waals surface area contributed by atoms with Crippen molar-refractivity contribution in [2.24, 2.45) is 0 Å². The molecule has 0 saturated carbocycles. The summed E-state index contributed by atoms with van der Waals surface area (Å²) < 4.78 is 40.3. The van der Waals surface area contributed by atoms with Crippen LogP contribution in [-0.4, -0.2) is 36.5 Å². The molecule has 20 heavy (non-hydrogen) atoms. The van der Waals surface area contributed by atoms with E-state index in [1.54, 1.807) is 6.92 Å². The largest absolute Gasteiger partial charge is 0.398 e. The number of anilines is 1. The Morgan fingerprint density at radius 1 is 1.50 bits per heavy atom. The SMILES string of the molecule is CC1(O)CCCN(S(=O)(=O)c2cc(N)c(Br)cc2F)C1. The Hall–Kier alpha value is -0.700. The van der Waals surface area contributed by atoms with E-state index >= 15 is 0 Å². The van der Waals surface area contributed by atoms with Crippen molar-refractivity contribution >= 4 is 31.6 Å². The fourth-order valence-corrected chi connectivity index (χ4v) is 4.25. The summed E-state index contributed by atoms with van der Waals surface area (Å²) in [6.07, 6.45) is 1.05. The second kappa shape index (κ2) is 5.25. The van der Waals surface area contributed by atoms with Crippen molar-refractivity contribution in [3.63, 3.8) is 0 Å². The Bertz CT molecular complexity index is 634. The van der Waals surface area contributed by atoms with E-state index in [9.17, 15) is 17.9 Å². The monoisotopic (exact) mass is 366 g/mol. The maximum absolute atomic E-state index is 13.9. The molecule has 0 bridgehead atoms. The normalized spacial score (nSPS) is 24.8. The fourth-order valence-electron chi connectivity index (χ4n) is 2.26. The van der Waals surface area contributed by atoms with Gasteiger partial charge in [-0.05, 0) is 47.8 Å². The molecule has 3 N–H and O–H groups in total. The van der Waals surface area contributed by atoms with Crippen LogP contribution in [0.1, 0.15) is 19.8 Å². The molecule has 5 nitrogen and oxygen atoms in total. The lowest BCUT2D eigenvalue weighted by molar-refractivity contribution is 0.00934. The lowest BCUT2D eigenvalue weighted by Crippen LogP contribution is -2.48. The average Bonchev–Trinajstić information content (AvgIpc) is 2.32. The third-order valence-electron chi connectivity index (χ3n) is 3.31. The number of nitrogens with two attached hydrogens (primary N) is 1. The number of piperidine rings is 1. The van der Waals surface area contributed by atoms with Gasteiger partial charge in [-0.3, -0.25) is 0 Å². The molecule has 0 aromatic heterocycles. The van der Waals surface area contributed by atoms with Crippen LogP contribution >= 0.6 is 15.9 Å². The smallest absolute Gasteiger partial charge is 0.246 e. The molecule has 1 unspecified atom stereocenters. The standard InChI is InChI=1S/C12H16BrFN2O3S/c1-12(17)3-2-4-16(7-12)20(18,19)11-6-10(15)8(13)5-9(11)14/h5-6,17H,2-4,7,15H2,1H3. The number of sulfonamides is 1. The molecule has 1 aromatic carbocycles. The molecule has 1 fully saturated rings. The molecular formula is C12H16BrFN2O3S. The predicted octanol–water partition coefficient (Wildman–Crippen LogP) is 1.71. The Labute approximate surface area is 125 Å². The molecule has 1 heterocycles. The number of β-amino-alcohol motifs (C(OH)–C–C–N with tert-alkyl or cyclic N) is 1. The summed E-state index contributed by atoms with van der Waals surface area (Å²) in [4.78, 5) is -0.462. The number of aliphatic hydroxyl groups is 1. The highest BCUT2D eigenvalue weighted by Gasteiger charge is 2.36. The molecule has 0 radical (unpaired) electrons. The van der Waals surface area contributed by atoms with Crippen molar-refractivity contribution in [3.8, 4) is 0 Å². The Kier molecular flexibility index (Phi) is 4.12. The van der Waals surface area contributed by atoms with E-state index in [0.717, 1.165) is 16.4 Å². The van der Waals surface area contributed by atoms with Gasteiger partial charge >= 0.3 is 0 Å². The number of nitrogen functional groups attached to an aromatic ring is 1. The minimum atomic E-state index is -4.01. The van der Waals surface area contributed by atoms with Gasteiger partial charge in [0.1, 0.15) is 10.7 Å². The van der Waals surface area contributed by atoms with Crippen LogP contribution in [0.3, 0.4) is 0 Å². The number of hydrogen-bond acceptors (Lipinski definition) is 4.